The van der Waals surface area contributed by atoms with Crippen molar-refractivity contribution in [3.8, 4) is 0 Å². The number of rotatable bonds is 2. The second kappa shape index (κ2) is 3.31. The molecule has 0 unspecified atom stereocenters. The Hall–Kier alpha value is -0.760. The SMILES string of the molecule is S/N=C(\c1ccccc1)C1CC1. The Labute approximate surface area is 78.1 Å². The van der Waals surface area contributed by atoms with E-state index in [0.29, 0.717) is 5.92 Å². The van der Waals surface area contributed by atoms with E-state index in [-0.39, 0.29) is 0 Å². The second-order valence-electron chi connectivity index (χ2n) is 3.13. The molecule has 0 aliphatic heterocycles. The lowest BCUT2D eigenvalue weighted by Gasteiger charge is -2.01. The van der Waals surface area contributed by atoms with Crippen LogP contribution in [-0.2, 0) is 0 Å². The molecule has 1 aromatic carbocycles. The maximum atomic E-state index is 4.03. The molecule has 1 saturated carbocycles. The normalized spacial score (nSPS) is 17.9. The zero-order valence-electron chi connectivity index (χ0n) is 6.77. The molecular weight excluding hydrogens is 166 g/mol. The van der Waals surface area contributed by atoms with Gasteiger partial charge in [0.25, 0.3) is 0 Å². The molecule has 0 N–H and O–H groups in total. The van der Waals surface area contributed by atoms with Crippen LogP contribution in [0.3, 0.4) is 0 Å². The van der Waals surface area contributed by atoms with E-state index in [0.717, 1.165) is 5.71 Å². The van der Waals surface area contributed by atoms with Gasteiger partial charge in [0, 0.05) is 5.92 Å². The first-order valence-corrected chi connectivity index (χ1v) is 4.59. The van der Waals surface area contributed by atoms with Gasteiger partial charge >= 0.3 is 0 Å². The maximum Gasteiger partial charge on any atom is 0.0586 e. The van der Waals surface area contributed by atoms with Crippen molar-refractivity contribution < 1.29 is 0 Å². The third kappa shape index (κ3) is 1.53. The highest BCUT2D eigenvalue weighted by Gasteiger charge is 2.27. The third-order valence-electron chi connectivity index (χ3n) is 2.14. The maximum absolute atomic E-state index is 4.03. The van der Waals surface area contributed by atoms with Gasteiger partial charge in [-0.15, -0.1) is 0 Å². The van der Waals surface area contributed by atoms with Crippen LogP contribution in [0.25, 0.3) is 0 Å². The molecule has 62 valence electrons. The van der Waals surface area contributed by atoms with E-state index in [2.05, 4.69) is 29.3 Å². The van der Waals surface area contributed by atoms with Gasteiger partial charge in [0.05, 0.1) is 5.71 Å². The van der Waals surface area contributed by atoms with E-state index >= 15 is 0 Å². The van der Waals surface area contributed by atoms with Crippen molar-refractivity contribution in [1.29, 1.82) is 0 Å². The van der Waals surface area contributed by atoms with Crippen molar-refractivity contribution in [2.24, 2.45) is 10.3 Å². The lowest BCUT2D eigenvalue weighted by Crippen LogP contribution is -2.01. The summed E-state index contributed by atoms with van der Waals surface area (Å²) in [5.41, 5.74) is 2.37. The first-order chi connectivity index (χ1) is 5.92. The minimum atomic E-state index is 0.671. The van der Waals surface area contributed by atoms with Crippen molar-refractivity contribution in [1.82, 2.24) is 0 Å². The average Bonchev–Trinajstić information content (AvgIpc) is 2.92. The minimum Gasteiger partial charge on any atom is -0.224 e. The van der Waals surface area contributed by atoms with Crippen molar-refractivity contribution in [2.75, 3.05) is 0 Å². The van der Waals surface area contributed by atoms with Crippen molar-refractivity contribution in [3.05, 3.63) is 35.9 Å². The molecule has 2 rings (SSSR count). The molecule has 12 heavy (non-hydrogen) atoms. The Morgan fingerprint density at radius 1 is 1.25 bits per heavy atom. The Bertz CT molecular complexity index is 288. The minimum absolute atomic E-state index is 0.671. The van der Waals surface area contributed by atoms with Gasteiger partial charge in [-0.2, -0.15) is 0 Å². The van der Waals surface area contributed by atoms with E-state index in [1.807, 2.05) is 18.2 Å². The second-order valence-corrected chi connectivity index (χ2v) is 3.33. The smallest absolute Gasteiger partial charge is 0.0586 e. The molecule has 1 aliphatic carbocycles. The van der Waals surface area contributed by atoms with E-state index in [1.165, 1.54) is 18.4 Å². The largest absolute Gasteiger partial charge is 0.224 e. The summed E-state index contributed by atoms with van der Waals surface area (Å²) in [6, 6.07) is 10.3. The van der Waals surface area contributed by atoms with Gasteiger partial charge in [-0.25, -0.2) is 4.40 Å². The molecule has 2 heteroatoms. The highest BCUT2D eigenvalue weighted by atomic mass is 32.1. The molecule has 0 radical (unpaired) electrons. The summed E-state index contributed by atoms with van der Waals surface area (Å²) in [6.07, 6.45) is 2.54. The number of benzene rings is 1. The number of hydrogen-bond donors (Lipinski definition) is 1. The molecule has 0 bridgehead atoms. The summed E-state index contributed by atoms with van der Waals surface area (Å²) in [5.74, 6) is 0.671. The molecule has 0 atom stereocenters. The molecule has 0 heterocycles. The fourth-order valence-corrected chi connectivity index (χ4v) is 1.62. The Kier molecular flexibility index (Phi) is 2.17. The predicted octanol–water partition coefficient (Wildman–Crippen LogP) is 2.73. The Morgan fingerprint density at radius 3 is 2.42 bits per heavy atom. The van der Waals surface area contributed by atoms with E-state index in [9.17, 15) is 0 Å². The van der Waals surface area contributed by atoms with Crippen LogP contribution in [0, 0.1) is 5.92 Å². The highest BCUT2D eigenvalue weighted by molar-refractivity contribution is 7.79. The predicted molar refractivity (Wildman–Crippen MR) is 54.7 cm³/mol. The van der Waals surface area contributed by atoms with Gasteiger partial charge in [0.2, 0.25) is 0 Å². The highest BCUT2D eigenvalue weighted by Crippen LogP contribution is 2.33. The summed E-state index contributed by atoms with van der Waals surface area (Å²) in [7, 11) is 0. The lowest BCUT2D eigenvalue weighted by molar-refractivity contribution is 1.20. The Morgan fingerprint density at radius 2 is 1.92 bits per heavy atom. The summed E-state index contributed by atoms with van der Waals surface area (Å²) < 4.78 is 4.03. The van der Waals surface area contributed by atoms with Crippen LogP contribution in [0.5, 0.6) is 0 Å². The van der Waals surface area contributed by atoms with Crippen LogP contribution >= 0.6 is 12.8 Å². The van der Waals surface area contributed by atoms with Crippen LogP contribution < -0.4 is 0 Å². The molecule has 0 saturated heterocycles. The molecule has 0 amide bonds. The van der Waals surface area contributed by atoms with Gasteiger partial charge in [-0.05, 0) is 31.2 Å². The first-order valence-electron chi connectivity index (χ1n) is 4.19. The molecule has 0 aromatic heterocycles. The average molecular weight is 177 g/mol. The van der Waals surface area contributed by atoms with E-state index < -0.39 is 0 Å². The van der Waals surface area contributed by atoms with E-state index in [4.69, 9.17) is 0 Å². The topological polar surface area (TPSA) is 12.4 Å². The summed E-state index contributed by atoms with van der Waals surface area (Å²) >= 11 is 3.99. The van der Waals surface area contributed by atoms with Crippen LogP contribution in [-0.4, -0.2) is 5.71 Å². The van der Waals surface area contributed by atoms with Crippen molar-refractivity contribution >= 4 is 18.5 Å². The van der Waals surface area contributed by atoms with Gasteiger partial charge in [0.1, 0.15) is 0 Å². The lowest BCUT2D eigenvalue weighted by atomic mass is 10.1. The van der Waals surface area contributed by atoms with E-state index in [1.54, 1.807) is 0 Å². The van der Waals surface area contributed by atoms with Crippen LogP contribution in [0.15, 0.2) is 34.7 Å². The quantitative estimate of drug-likeness (QED) is 0.527. The van der Waals surface area contributed by atoms with Crippen molar-refractivity contribution in [2.45, 2.75) is 12.8 Å². The molecular formula is C10H11NS. The standard InChI is InChI=1S/C10H11NS/c12-11-10(9-6-7-9)8-4-2-1-3-5-8/h1-5,9,12H,6-7H2/b11-10+. The molecule has 1 fully saturated rings. The van der Waals surface area contributed by atoms with Gasteiger partial charge in [-0.1, -0.05) is 30.3 Å². The van der Waals surface area contributed by atoms with Crippen LogP contribution in [0.4, 0.5) is 0 Å². The van der Waals surface area contributed by atoms with Gasteiger partial charge in [-0.3, -0.25) is 0 Å². The summed E-state index contributed by atoms with van der Waals surface area (Å²) in [5, 5.41) is 0. The molecule has 0 spiro atoms. The molecule has 1 aromatic rings. The fraction of sp³-hybridized carbons (Fsp3) is 0.300. The molecule has 1 aliphatic rings. The van der Waals surface area contributed by atoms with Gasteiger partial charge < -0.3 is 0 Å². The zero-order valence-corrected chi connectivity index (χ0v) is 7.67. The summed E-state index contributed by atoms with van der Waals surface area (Å²) in [4.78, 5) is 0. The summed E-state index contributed by atoms with van der Waals surface area (Å²) in [6.45, 7) is 0. The monoisotopic (exact) mass is 177 g/mol. The molecule has 1 nitrogen and oxygen atoms in total. The van der Waals surface area contributed by atoms with Crippen molar-refractivity contribution in [3.63, 3.8) is 0 Å². The van der Waals surface area contributed by atoms with Gasteiger partial charge in [0.15, 0.2) is 0 Å². The zero-order chi connectivity index (χ0) is 8.39. The number of hydrogen-bond acceptors (Lipinski definition) is 2. The Balaban J connectivity index is 2.28. The van der Waals surface area contributed by atoms with Crippen LogP contribution in [0.1, 0.15) is 18.4 Å². The number of thiol groups is 1. The number of nitrogens with zero attached hydrogens (tertiary/aromatic N) is 1. The van der Waals surface area contributed by atoms with Crippen LogP contribution in [0.2, 0.25) is 0 Å². The third-order valence-corrected chi connectivity index (χ3v) is 2.36. The fourth-order valence-electron chi connectivity index (χ4n) is 1.34. The first kappa shape index (κ1) is 7.87.